The zero-order valence-corrected chi connectivity index (χ0v) is 8.62. The van der Waals surface area contributed by atoms with E-state index < -0.39 is 0 Å². The molecular weight excluding hydrogens is 156 g/mol. The molecule has 0 nitrogen and oxygen atoms in total. The number of halogens is 1. The smallest absolute Gasteiger partial charge is 0.0225 e. The van der Waals surface area contributed by atoms with E-state index in [1.54, 1.807) is 0 Å². The molecule has 0 N–H and O–H groups in total. The highest BCUT2D eigenvalue weighted by atomic mass is 35.5. The van der Waals surface area contributed by atoms with Gasteiger partial charge >= 0.3 is 0 Å². The molecule has 0 aliphatic carbocycles. The average molecular weight is 175 g/mol. The topological polar surface area (TPSA) is 0 Å². The molecule has 0 saturated heterocycles. The summed E-state index contributed by atoms with van der Waals surface area (Å²) in [4.78, 5) is 0. The normalized spacial score (nSPS) is 12.7. The predicted octanol–water partition coefficient (Wildman–Crippen LogP) is 4.00. The minimum atomic E-state index is 0.781. The first-order chi connectivity index (χ1) is 5.16. The van der Waals surface area contributed by atoms with Gasteiger partial charge in [-0.15, -0.1) is 11.6 Å². The first-order valence-corrected chi connectivity index (χ1v) is 4.89. The maximum absolute atomic E-state index is 5.62. The fourth-order valence-corrected chi connectivity index (χ4v) is 1.36. The van der Waals surface area contributed by atoms with Gasteiger partial charge in [0.1, 0.15) is 0 Å². The molecule has 0 fully saturated rings. The molecule has 1 atom stereocenters. The summed E-state index contributed by atoms with van der Waals surface area (Å²) in [6.45, 7) is 6.56. The molecule has 1 heteroatoms. The lowest BCUT2D eigenvalue weighted by atomic mass is 10.0. The third kappa shape index (κ3) is 7.93. The first-order valence-electron chi connectivity index (χ1n) is 4.36. The SMILES string of the molecule is CC(C)=CCC[C@@H](C)CCCl. The molecule has 11 heavy (non-hydrogen) atoms. The van der Waals surface area contributed by atoms with E-state index in [9.17, 15) is 0 Å². The van der Waals surface area contributed by atoms with E-state index in [0.717, 1.165) is 18.2 Å². The van der Waals surface area contributed by atoms with Crippen LogP contribution in [0, 0.1) is 5.92 Å². The number of allylic oxidation sites excluding steroid dienone is 2. The Morgan fingerprint density at radius 1 is 1.36 bits per heavy atom. The van der Waals surface area contributed by atoms with Gasteiger partial charge in [0.05, 0.1) is 0 Å². The number of rotatable bonds is 5. The highest BCUT2D eigenvalue weighted by molar-refractivity contribution is 6.17. The lowest BCUT2D eigenvalue weighted by Gasteiger charge is -2.06. The van der Waals surface area contributed by atoms with Crippen molar-refractivity contribution in [1.29, 1.82) is 0 Å². The average Bonchev–Trinajstić information content (AvgIpc) is 1.87. The van der Waals surface area contributed by atoms with E-state index in [1.807, 2.05) is 0 Å². The molecule has 0 amide bonds. The Morgan fingerprint density at radius 2 is 2.00 bits per heavy atom. The monoisotopic (exact) mass is 174 g/mol. The summed E-state index contributed by atoms with van der Waals surface area (Å²) in [5.74, 6) is 1.58. The number of hydrogen-bond acceptors (Lipinski definition) is 0. The van der Waals surface area contributed by atoms with Gasteiger partial charge in [-0.1, -0.05) is 18.6 Å². The Morgan fingerprint density at radius 3 is 2.45 bits per heavy atom. The van der Waals surface area contributed by atoms with E-state index in [-0.39, 0.29) is 0 Å². The number of hydrogen-bond donors (Lipinski definition) is 0. The van der Waals surface area contributed by atoms with Crippen LogP contribution >= 0.6 is 11.6 Å². The van der Waals surface area contributed by atoms with Crippen LogP contribution < -0.4 is 0 Å². The van der Waals surface area contributed by atoms with Crippen LogP contribution in [-0.2, 0) is 0 Å². The molecule has 0 bridgehead atoms. The van der Waals surface area contributed by atoms with E-state index in [2.05, 4.69) is 26.8 Å². The Balaban J connectivity index is 3.31. The maximum atomic E-state index is 5.62. The summed E-state index contributed by atoms with van der Waals surface area (Å²) in [6.07, 6.45) is 5.93. The molecule has 0 aromatic heterocycles. The van der Waals surface area contributed by atoms with Crippen LogP contribution in [0.5, 0.6) is 0 Å². The van der Waals surface area contributed by atoms with Crippen LogP contribution in [0.3, 0.4) is 0 Å². The van der Waals surface area contributed by atoms with E-state index in [1.165, 1.54) is 18.4 Å². The highest BCUT2D eigenvalue weighted by Crippen LogP contribution is 2.11. The third-order valence-electron chi connectivity index (χ3n) is 1.81. The molecule has 0 aromatic rings. The van der Waals surface area contributed by atoms with Crippen LogP contribution in [0.25, 0.3) is 0 Å². The summed E-state index contributed by atoms with van der Waals surface area (Å²) in [7, 11) is 0. The number of alkyl halides is 1. The second-order valence-electron chi connectivity index (χ2n) is 3.44. The van der Waals surface area contributed by atoms with Crippen molar-refractivity contribution in [3.05, 3.63) is 11.6 Å². The van der Waals surface area contributed by atoms with Crippen molar-refractivity contribution in [2.24, 2.45) is 5.92 Å². The van der Waals surface area contributed by atoms with Gasteiger partial charge in [-0.25, -0.2) is 0 Å². The van der Waals surface area contributed by atoms with Gasteiger partial charge in [-0.05, 0) is 39.0 Å². The van der Waals surface area contributed by atoms with Gasteiger partial charge in [0, 0.05) is 5.88 Å². The molecule has 0 saturated carbocycles. The van der Waals surface area contributed by atoms with Crippen molar-refractivity contribution in [2.75, 3.05) is 5.88 Å². The minimum Gasteiger partial charge on any atom is -0.127 e. The Labute approximate surface area is 75.6 Å². The molecule has 0 aliphatic rings. The zero-order valence-electron chi connectivity index (χ0n) is 7.86. The molecule has 0 rings (SSSR count). The molecule has 0 aromatic carbocycles. The third-order valence-corrected chi connectivity index (χ3v) is 2.03. The molecule has 0 radical (unpaired) electrons. The quantitative estimate of drug-likeness (QED) is 0.437. The van der Waals surface area contributed by atoms with Gasteiger partial charge < -0.3 is 0 Å². The standard InChI is InChI=1S/C10H19Cl/c1-9(2)5-4-6-10(3)7-8-11/h5,10H,4,6-8H2,1-3H3/t10-/m1/s1. The lowest BCUT2D eigenvalue weighted by molar-refractivity contribution is 0.524. The van der Waals surface area contributed by atoms with Gasteiger partial charge in [0.2, 0.25) is 0 Å². The van der Waals surface area contributed by atoms with Crippen molar-refractivity contribution in [2.45, 2.75) is 40.0 Å². The summed E-state index contributed by atoms with van der Waals surface area (Å²) < 4.78 is 0. The van der Waals surface area contributed by atoms with Crippen molar-refractivity contribution >= 4 is 11.6 Å². The summed E-state index contributed by atoms with van der Waals surface area (Å²) in [5, 5.41) is 0. The van der Waals surface area contributed by atoms with Crippen molar-refractivity contribution in [3.8, 4) is 0 Å². The Hall–Kier alpha value is 0.0300. The molecule has 66 valence electrons. The largest absolute Gasteiger partial charge is 0.127 e. The van der Waals surface area contributed by atoms with Crippen molar-refractivity contribution in [3.63, 3.8) is 0 Å². The highest BCUT2D eigenvalue weighted by Gasteiger charge is 1.98. The van der Waals surface area contributed by atoms with Crippen LogP contribution in [0.4, 0.5) is 0 Å². The summed E-state index contributed by atoms with van der Waals surface area (Å²) in [6, 6.07) is 0. The Bertz CT molecular complexity index is 112. The van der Waals surface area contributed by atoms with Gasteiger partial charge in [-0.2, -0.15) is 0 Å². The Kier molecular flexibility index (Phi) is 6.74. The molecule has 0 heterocycles. The molecule has 0 aliphatic heterocycles. The van der Waals surface area contributed by atoms with Gasteiger partial charge in [0.15, 0.2) is 0 Å². The van der Waals surface area contributed by atoms with Gasteiger partial charge in [0.25, 0.3) is 0 Å². The van der Waals surface area contributed by atoms with Crippen LogP contribution in [0.1, 0.15) is 40.0 Å². The van der Waals surface area contributed by atoms with Gasteiger partial charge in [-0.3, -0.25) is 0 Å². The zero-order chi connectivity index (χ0) is 8.69. The molecular formula is C10H19Cl. The second kappa shape index (κ2) is 6.72. The fraction of sp³-hybridized carbons (Fsp3) is 0.800. The van der Waals surface area contributed by atoms with Crippen LogP contribution in [0.2, 0.25) is 0 Å². The maximum Gasteiger partial charge on any atom is 0.0225 e. The van der Waals surface area contributed by atoms with E-state index >= 15 is 0 Å². The van der Waals surface area contributed by atoms with Crippen LogP contribution in [-0.4, -0.2) is 5.88 Å². The van der Waals surface area contributed by atoms with E-state index in [4.69, 9.17) is 11.6 Å². The second-order valence-corrected chi connectivity index (χ2v) is 3.82. The summed E-state index contributed by atoms with van der Waals surface area (Å²) in [5.41, 5.74) is 1.42. The summed E-state index contributed by atoms with van der Waals surface area (Å²) >= 11 is 5.62. The van der Waals surface area contributed by atoms with Crippen molar-refractivity contribution < 1.29 is 0 Å². The van der Waals surface area contributed by atoms with Crippen molar-refractivity contribution in [1.82, 2.24) is 0 Å². The van der Waals surface area contributed by atoms with Crippen LogP contribution in [0.15, 0.2) is 11.6 Å². The first kappa shape index (κ1) is 11.0. The van der Waals surface area contributed by atoms with E-state index in [0.29, 0.717) is 0 Å². The molecule has 0 unspecified atom stereocenters. The lowest BCUT2D eigenvalue weighted by Crippen LogP contribution is -1.94. The molecule has 0 spiro atoms. The fourth-order valence-electron chi connectivity index (χ4n) is 0.987. The predicted molar refractivity (Wildman–Crippen MR) is 53.2 cm³/mol. The minimum absolute atomic E-state index is 0.781.